The smallest absolute Gasteiger partial charge is 0.169 e. The molecular weight excluding hydrogens is 204 g/mol. The fourth-order valence-electron chi connectivity index (χ4n) is 2.58. The van der Waals surface area contributed by atoms with Crippen LogP contribution in [0, 0.1) is 5.92 Å². The van der Waals surface area contributed by atoms with E-state index in [2.05, 4.69) is 6.58 Å². The maximum atomic E-state index is 10.1. The molecule has 2 rings (SSSR count). The van der Waals surface area contributed by atoms with E-state index in [0.29, 0.717) is 6.61 Å². The van der Waals surface area contributed by atoms with Crippen molar-refractivity contribution < 1.29 is 14.6 Å². The molecule has 2 aliphatic rings. The SMILES string of the molecule is C=C[C@H](C)[C@@H](O)[C@H]1COC2(CCCCC2)O1. The lowest BCUT2D eigenvalue weighted by atomic mass is 9.94. The first-order valence-corrected chi connectivity index (χ1v) is 6.29. The van der Waals surface area contributed by atoms with Gasteiger partial charge in [0.25, 0.3) is 0 Å². The Labute approximate surface area is 97.4 Å². The van der Waals surface area contributed by atoms with Crippen LogP contribution < -0.4 is 0 Å². The molecule has 0 aromatic carbocycles. The number of hydrogen-bond donors (Lipinski definition) is 1. The molecule has 0 radical (unpaired) electrons. The summed E-state index contributed by atoms with van der Waals surface area (Å²) < 4.78 is 11.7. The van der Waals surface area contributed by atoms with Crippen LogP contribution in [0.15, 0.2) is 12.7 Å². The molecule has 1 aliphatic carbocycles. The van der Waals surface area contributed by atoms with Crippen LogP contribution in [0.3, 0.4) is 0 Å². The maximum absolute atomic E-state index is 10.1. The monoisotopic (exact) mass is 226 g/mol. The number of rotatable bonds is 3. The normalized spacial score (nSPS) is 32.5. The quantitative estimate of drug-likeness (QED) is 0.750. The molecule has 1 spiro atoms. The summed E-state index contributed by atoms with van der Waals surface area (Å²) in [7, 11) is 0. The van der Waals surface area contributed by atoms with Crippen LogP contribution in [0.1, 0.15) is 39.0 Å². The van der Waals surface area contributed by atoms with Gasteiger partial charge < -0.3 is 14.6 Å². The minimum Gasteiger partial charge on any atom is -0.390 e. The Morgan fingerprint density at radius 1 is 1.38 bits per heavy atom. The van der Waals surface area contributed by atoms with Crippen molar-refractivity contribution in [3.05, 3.63) is 12.7 Å². The Balaban J connectivity index is 1.93. The zero-order valence-electron chi connectivity index (χ0n) is 10.0. The topological polar surface area (TPSA) is 38.7 Å². The maximum Gasteiger partial charge on any atom is 0.169 e. The molecular formula is C13H22O3. The van der Waals surface area contributed by atoms with Gasteiger partial charge >= 0.3 is 0 Å². The Morgan fingerprint density at radius 3 is 2.69 bits per heavy atom. The summed E-state index contributed by atoms with van der Waals surface area (Å²) in [5.41, 5.74) is 0. The highest BCUT2D eigenvalue weighted by molar-refractivity contribution is 4.91. The lowest BCUT2D eigenvalue weighted by Crippen LogP contribution is -2.37. The summed E-state index contributed by atoms with van der Waals surface area (Å²) in [5.74, 6) is -0.336. The standard InChI is InChI=1S/C13H22O3/c1-3-10(2)12(14)11-9-15-13(16-11)7-5-4-6-8-13/h3,10-12,14H,1,4-9H2,2H3/t10-,11+,12+/m0/s1. The van der Waals surface area contributed by atoms with E-state index in [1.807, 2.05) is 6.92 Å². The third kappa shape index (κ3) is 2.31. The van der Waals surface area contributed by atoms with Gasteiger partial charge in [0.15, 0.2) is 5.79 Å². The molecule has 3 atom stereocenters. The van der Waals surface area contributed by atoms with Crippen LogP contribution >= 0.6 is 0 Å². The predicted octanol–water partition coefficient (Wildman–Crippen LogP) is 2.25. The van der Waals surface area contributed by atoms with Crippen molar-refractivity contribution in [2.24, 2.45) is 5.92 Å². The van der Waals surface area contributed by atoms with Gasteiger partial charge in [-0.1, -0.05) is 19.4 Å². The van der Waals surface area contributed by atoms with Gasteiger partial charge in [0.05, 0.1) is 12.7 Å². The third-order valence-corrected chi connectivity index (χ3v) is 3.78. The molecule has 1 saturated heterocycles. The highest BCUT2D eigenvalue weighted by Crippen LogP contribution is 2.39. The van der Waals surface area contributed by atoms with E-state index in [4.69, 9.17) is 9.47 Å². The molecule has 0 amide bonds. The fourth-order valence-corrected chi connectivity index (χ4v) is 2.58. The van der Waals surface area contributed by atoms with Crippen LogP contribution in [0.5, 0.6) is 0 Å². The average Bonchev–Trinajstić information content (AvgIpc) is 2.72. The second-order valence-electron chi connectivity index (χ2n) is 5.02. The fraction of sp³-hybridized carbons (Fsp3) is 0.846. The van der Waals surface area contributed by atoms with Gasteiger partial charge in [0.1, 0.15) is 6.10 Å². The van der Waals surface area contributed by atoms with Gasteiger partial charge in [-0.3, -0.25) is 0 Å². The number of ether oxygens (including phenoxy) is 2. The van der Waals surface area contributed by atoms with Crippen molar-refractivity contribution in [1.82, 2.24) is 0 Å². The predicted molar refractivity (Wildman–Crippen MR) is 62.0 cm³/mol. The highest BCUT2D eigenvalue weighted by atomic mass is 16.7. The van der Waals surface area contributed by atoms with Gasteiger partial charge in [-0.2, -0.15) is 0 Å². The summed E-state index contributed by atoms with van der Waals surface area (Å²) in [6, 6.07) is 0. The summed E-state index contributed by atoms with van der Waals surface area (Å²) in [5, 5.41) is 10.1. The van der Waals surface area contributed by atoms with Gasteiger partial charge in [0.2, 0.25) is 0 Å². The minimum absolute atomic E-state index is 0.0485. The van der Waals surface area contributed by atoms with E-state index in [1.165, 1.54) is 19.3 Å². The van der Waals surface area contributed by atoms with Crippen molar-refractivity contribution >= 4 is 0 Å². The molecule has 1 aliphatic heterocycles. The molecule has 92 valence electrons. The largest absolute Gasteiger partial charge is 0.390 e. The molecule has 1 saturated carbocycles. The highest BCUT2D eigenvalue weighted by Gasteiger charge is 2.44. The van der Waals surface area contributed by atoms with Crippen molar-refractivity contribution in [3.63, 3.8) is 0 Å². The molecule has 3 heteroatoms. The first kappa shape index (κ1) is 12.1. The Bertz CT molecular complexity index is 246. The molecule has 3 nitrogen and oxygen atoms in total. The summed E-state index contributed by atoms with van der Waals surface area (Å²) in [6.45, 7) is 6.17. The van der Waals surface area contributed by atoms with Crippen LogP contribution in [-0.4, -0.2) is 29.7 Å². The Morgan fingerprint density at radius 2 is 2.06 bits per heavy atom. The van der Waals surface area contributed by atoms with E-state index in [0.717, 1.165) is 12.8 Å². The molecule has 16 heavy (non-hydrogen) atoms. The van der Waals surface area contributed by atoms with Gasteiger partial charge in [-0.05, 0) is 12.8 Å². The average molecular weight is 226 g/mol. The molecule has 1 N–H and O–H groups in total. The van der Waals surface area contributed by atoms with Crippen LogP contribution in [0.25, 0.3) is 0 Å². The molecule has 1 heterocycles. The minimum atomic E-state index is -0.501. The molecule has 2 fully saturated rings. The van der Waals surface area contributed by atoms with E-state index in [-0.39, 0.29) is 17.8 Å². The van der Waals surface area contributed by atoms with E-state index in [9.17, 15) is 5.11 Å². The zero-order chi connectivity index (χ0) is 11.6. The summed E-state index contributed by atoms with van der Waals surface area (Å²) in [4.78, 5) is 0. The summed E-state index contributed by atoms with van der Waals surface area (Å²) in [6.07, 6.45) is 6.62. The summed E-state index contributed by atoms with van der Waals surface area (Å²) >= 11 is 0. The lowest BCUT2D eigenvalue weighted by molar-refractivity contribution is -0.197. The molecule has 0 aromatic rings. The zero-order valence-corrected chi connectivity index (χ0v) is 10.0. The molecule has 0 unspecified atom stereocenters. The Kier molecular flexibility index (Phi) is 3.67. The van der Waals surface area contributed by atoms with Crippen molar-refractivity contribution in [2.45, 2.75) is 57.0 Å². The van der Waals surface area contributed by atoms with E-state index in [1.54, 1.807) is 6.08 Å². The lowest BCUT2D eigenvalue weighted by Gasteiger charge is -2.32. The van der Waals surface area contributed by atoms with Gasteiger partial charge in [-0.15, -0.1) is 6.58 Å². The van der Waals surface area contributed by atoms with Crippen LogP contribution in [-0.2, 0) is 9.47 Å². The van der Waals surface area contributed by atoms with Crippen LogP contribution in [0.2, 0.25) is 0 Å². The van der Waals surface area contributed by atoms with E-state index >= 15 is 0 Å². The van der Waals surface area contributed by atoms with Crippen molar-refractivity contribution in [1.29, 1.82) is 0 Å². The Hall–Kier alpha value is -0.380. The second kappa shape index (κ2) is 4.86. The third-order valence-electron chi connectivity index (χ3n) is 3.78. The second-order valence-corrected chi connectivity index (χ2v) is 5.02. The first-order valence-electron chi connectivity index (χ1n) is 6.29. The van der Waals surface area contributed by atoms with Gasteiger partial charge in [-0.25, -0.2) is 0 Å². The number of aliphatic hydroxyl groups excluding tert-OH is 1. The number of hydrogen-bond acceptors (Lipinski definition) is 3. The van der Waals surface area contributed by atoms with E-state index < -0.39 is 6.10 Å². The van der Waals surface area contributed by atoms with Gasteiger partial charge in [0, 0.05) is 18.8 Å². The first-order chi connectivity index (χ1) is 7.67. The van der Waals surface area contributed by atoms with Crippen LogP contribution in [0.4, 0.5) is 0 Å². The molecule has 0 bridgehead atoms. The van der Waals surface area contributed by atoms with Crippen molar-refractivity contribution in [3.8, 4) is 0 Å². The number of aliphatic hydroxyl groups is 1. The molecule has 0 aromatic heterocycles. The van der Waals surface area contributed by atoms with Crippen molar-refractivity contribution in [2.75, 3.05) is 6.61 Å².